The number of nitrogens with zero attached hydrogens (tertiary/aromatic N) is 4. The molecule has 2 aliphatic heterocycles. The molecule has 0 bridgehead atoms. The lowest BCUT2D eigenvalue weighted by molar-refractivity contribution is -0.124. The highest BCUT2D eigenvalue weighted by molar-refractivity contribution is 7.87. The summed E-state index contributed by atoms with van der Waals surface area (Å²) in [5.74, 6) is -4.45. The third-order valence-electron chi connectivity index (χ3n) is 7.12. The van der Waals surface area contributed by atoms with E-state index in [0.717, 1.165) is 16.1 Å². The zero-order valence-corrected chi connectivity index (χ0v) is 29.9. The number of hydrogen-bond acceptors (Lipinski definition) is 15. The standard InChI is InChI=1S/C27H26N6O16S4/c1-32-26(36)16(22(30-32)24(34)28-18-12-14(50(38,39)40)8-10-20(18)52(44,45)46)6-4-3-5-7-17-23(31-33(2)27(17)37)25(35)29-19-13-15(51(41,42)43)9-11-21(19)53(47,48)49/h3-13,16,26,36H,1-2H3,(H,28,34)(H,29,35)(H,38,39,40)(H,41,42,43)(H,44,45,46)(H,47,48,49)/b5-3+,6-4+,17-7-. The predicted octanol–water partition coefficient (Wildman–Crippen LogP) is -0.647. The van der Waals surface area contributed by atoms with Gasteiger partial charge in [0.05, 0.1) is 32.7 Å². The summed E-state index contributed by atoms with van der Waals surface area (Å²) in [4.78, 5) is 35.4. The Morgan fingerprint density at radius 2 is 1.21 bits per heavy atom. The van der Waals surface area contributed by atoms with E-state index in [1.807, 2.05) is 5.32 Å². The minimum absolute atomic E-state index is 0.363. The van der Waals surface area contributed by atoms with E-state index in [9.17, 15) is 71.4 Å². The number of hydrazone groups is 2. The van der Waals surface area contributed by atoms with Crippen LogP contribution >= 0.6 is 0 Å². The number of aliphatic hydroxyl groups excluding tert-OH is 1. The normalized spacial score (nSPS) is 19.3. The van der Waals surface area contributed by atoms with Crippen LogP contribution in [-0.4, -0.2) is 116 Å². The van der Waals surface area contributed by atoms with Crippen molar-refractivity contribution in [1.82, 2.24) is 10.0 Å². The molecule has 2 heterocycles. The first kappa shape index (κ1) is 40.6. The van der Waals surface area contributed by atoms with Gasteiger partial charge in [0.15, 0.2) is 11.9 Å². The van der Waals surface area contributed by atoms with Gasteiger partial charge in [-0.1, -0.05) is 24.3 Å². The summed E-state index contributed by atoms with van der Waals surface area (Å²) < 4.78 is 131. The van der Waals surface area contributed by atoms with Crippen LogP contribution in [0.25, 0.3) is 0 Å². The van der Waals surface area contributed by atoms with Gasteiger partial charge in [0, 0.05) is 14.1 Å². The molecule has 0 radical (unpaired) electrons. The number of allylic oxidation sites excluding steroid dienone is 4. The van der Waals surface area contributed by atoms with Gasteiger partial charge in [-0.25, -0.2) is 5.01 Å². The number of carbonyl (C=O) groups excluding carboxylic acids is 3. The van der Waals surface area contributed by atoms with Gasteiger partial charge < -0.3 is 15.7 Å². The molecule has 2 aromatic rings. The maximum atomic E-state index is 13.1. The summed E-state index contributed by atoms with van der Waals surface area (Å²) in [5, 5.41) is 24.1. The molecule has 53 heavy (non-hydrogen) atoms. The zero-order valence-electron chi connectivity index (χ0n) is 26.7. The van der Waals surface area contributed by atoms with Crippen molar-refractivity contribution in [2.24, 2.45) is 16.1 Å². The first-order valence-corrected chi connectivity index (χ1v) is 19.8. The van der Waals surface area contributed by atoms with Crippen molar-refractivity contribution >= 4 is 81.0 Å². The number of benzene rings is 2. The van der Waals surface area contributed by atoms with Crippen molar-refractivity contribution in [3.63, 3.8) is 0 Å². The van der Waals surface area contributed by atoms with Crippen LogP contribution in [0.5, 0.6) is 0 Å². The molecule has 284 valence electrons. The highest BCUT2D eigenvalue weighted by atomic mass is 32.2. The first-order chi connectivity index (χ1) is 24.3. The van der Waals surface area contributed by atoms with Gasteiger partial charge in [-0.15, -0.1) is 0 Å². The van der Waals surface area contributed by atoms with E-state index in [1.165, 1.54) is 38.4 Å². The molecule has 4 rings (SSSR count). The van der Waals surface area contributed by atoms with Crippen LogP contribution in [0.1, 0.15) is 0 Å². The molecular weight excluding hydrogens is 793 g/mol. The van der Waals surface area contributed by atoms with Gasteiger partial charge >= 0.3 is 0 Å². The topological polar surface area (TPSA) is 344 Å². The Morgan fingerprint density at radius 3 is 1.68 bits per heavy atom. The van der Waals surface area contributed by atoms with Crippen LogP contribution in [0, 0.1) is 5.92 Å². The molecule has 2 aromatic carbocycles. The molecule has 0 aliphatic carbocycles. The fourth-order valence-corrected chi connectivity index (χ4v) is 6.92. The second-order valence-corrected chi connectivity index (χ2v) is 16.4. The number of amides is 3. The van der Waals surface area contributed by atoms with Gasteiger partial charge in [-0.05, 0) is 42.5 Å². The summed E-state index contributed by atoms with van der Waals surface area (Å²) in [6, 6.07) is 3.64. The Hall–Kier alpha value is -5.19. The largest absolute Gasteiger partial charge is 0.371 e. The lowest BCUT2D eigenvalue weighted by Crippen LogP contribution is -2.34. The SMILES string of the molecule is CN1N=C(C(=O)Nc2cc(S(=O)(=O)O)ccc2S(=O)(=O)O)/C(=C/C=C/C=C/C2C(C(=O)Nc3cc(S(=O)(=O)O)ccc3S(=O)(=O)O)=NN(C)C2O)C1=O. The number of nitrogens with one attached hydrogen (secondary N) is 2. The average molecular weight is 819 g/mol. The molecule has 22 nitrogen and oxygen atoms in total. The fourth-order valence-electron chi connectivity index (χ4n) is 4.65. The number of likely N-dealkylation sites (N-methyl/N-ethyl adjacent to an activating group) is 1. The molecule has 3 amide bonds. The summed E-state index contributed by atoms with van der Waals surface area (Å²) in [6.45, 7) is 0. The molecule has 0 fully saturated rings. The van der Waals surface area contributed by atoms with E-state index in [-0.39, 0.29) is 5.57 Å². The Morgan fingerprint density at radius 1 is 0.717 bits per heavy atom. The number of anilines is 2. The lowest BCUT2D eigenvalue weighted by Gasteiger charge is -2.17. The summed E-state index contributed by atoms with van der Waals surface area (Å²) in [6.07, 6.45) is 4.58. The number of rotatable bonds is 11. The lowest BCUT2D eigenvalue weighted by atomic mass is 10.0. The van der Waals surface area contributed by atoms with Crippen molar-refractivity contribution in [3.8, 4) is 0 Å². The van der Waals surface area contributed by atoms with E-state index in [1.54, 1.807) is 0 Å². The maximum absolute atomic E-state index is 13.1. The molecule has 26 heteroatoms. The number of hydrogen-bond donors (Lipinski definition) is 7. The highest BCUT2D eigenvalue weighted by Gasteiger charge is 2.37. The molecule has 0 aromatic heterocycles. The fraction of sp³-hybridized carbons (Fsp3) is 0.148. The third kappa shape index (κ3) is 9.25. The highest BCUT2D eigenvalue weighted by Crippen LogP contribution is 2.28. The van der Waals surface area contributed by atoms with Crippen LogP contribution in [0.4, 0.5) is 11.4 Å². The molecule has 2 atom stereocenters. The predicted molar refractivity (Wildman–Crippen MR) is 181 cm³/mol. The van der Waals surface area contributed by atoms with Crippen LogP contribution < -0.4 is 10.6 Å². The first-order valence-electron chi connectivity index (χ1n) is 14.0. The van der Waals surface area contributed by atoms with E-state index < -0.39 is 113 Å². The number of carbonyl (C=O) groups is 3. The molecule has 0 spiro atoms. The Labute approximate surface area is 300 Å². The summed E-state index contributed by atoms with van der Waals surface area (Å²) >= 11 is 0. The molecular formula is C27H26N6O16S4. The van der Waals surface area contributed by atoms with E-state index >= 15 is 0 Å². The van der Waals surface area contributed by atoms with Crippen LogP contribution in [0.3, 0.4) is 0 Å². The monoisotopic (exact) mass is 818 g/mol. The minimum Gasteiger partial charge on any atom is -0.371 e. The van der Waals surface area contributed by atoms with Crippen molar-refractivity contribution in [3.05, 3.63) is 72.4 Å². The smallest absolute Gasteiger partial charge is 0.296 e. The van der Waals surface area contributed by atoms with E-state index in [4.69, 9.17) is 0 Å². The Bertz CT molecular complexity index is 2530. The van der Waals surface area contributed by atoms with Crippen molar-refractivity contribution in [2.75, 3.05) is 24.7 Å². The van der Waals surface area contributed by atoms with Gasteiger partial charge in [0.25, 0.3) is 58.2 Å². The van der Waals surface area contributed by atoms with Gasteiger partial charge in [0.2, 0.25) is 0 Å². The second-order valence-electron chi connectivity index (χ2n) is 10.8. The van der Waals surface area contributed by atoms with E-state index in [0.29, 0.717) is 36.4 Å². The second kappa shape index (κ2) is 14.7. The van der Waals surface area contributed by atoms with Crippen LogP contribution in [-0.2, 0) is 54.9 Å². The summed E-state index contributed by atoms with van der Waals surface area (Å²) in [7, 11) is -17.4. The zero-order chi connectivity index (χ0) is 39.8. The van der Waals surface area contributed by atoms with Crippen LogP contribution in [0.15, 0.2) is 102 Å². The van der Waals surface area contributed by atoms with Crippen molar-refractivity contribution < 1.29 is 71.4 Å². The van der Waals surface area contributed by atoms with Gasteiger partial charge in [-0.2, -0.15) is 43.9 Å². The quantitative estimate of drug-likeness (QED) is 0.0841. The third-order valence-corrected chi connectivity index (χ3v) is 10.6. The number of aliphatic hydroxyl groups is 1. The van der Waals surface area contributed by atoms with Gasteiger partial charge in [-0.3, -0.25) is 37.6 Å². The van der Waals surface area contributed by atoms with Gasteiger partial charge in [0.1, 0.15) is 15.5 Å². The molecule has 7 N–H and O–H groups in total. The van der Waals surface area contributed by atoms with Crippen LogP contribution in [0.2, 0.25) is 0 Å². The maximum Gasteiger partial charge on any atom is 0.296 e. The average Bonchev–Trinajstić information content (AvgIpc) is 3.48. The summed E-state index contributed by atoms with van der Waals surface area (Å²) in [5.41, 5.74) is -2.91. The Balaban J connectivity index is 1.57. The van der Waals surface area contributed by atoms with Crippen molar-refractivity contribution in [2.45, 2.75) is 25.8 Å². The minimum atomic E-state index is -5.04. The van der Waals surface area contributed by atoms with Crippen molar-refractivity contribution in [1.29, 1.82) is 0 Å². The van der Waals surface area contributed by atoms with E-state index in [2.05, 4.69) is 15.5 Å². The molecule has 0 saturated carbocycles. The Kier molecular flexibility index (Phi) is 11.2. The molecule has 2 unspecified atom stereocenters. The molecule has 0 saturated heterocycles. The molecule has 2 aliphatic rings.